The molecule has 1 aliphatic rings. The second kappa shape index (κ2) is 9.95. The Kier molecular flexibility index (Phi) is 7.32. The molecule has 8 nitrogen and oxygen atoms in total. The Morgan fingerprint density at radius 3 is 2.68 bits per heavy atom. The maximum atomic E-state index is 12.7. The molecule has 0 aliphatic carbocycles. The number of aryl methyl sites for hydroxylation is 1. The van der Waals surface area contributed by atoms with Crippen LogP contribution < -0.4 is 10.1 Å². The van der Waals surface area contributed by atoms with Gasteiger partial charge in [0, 0.05) is 37.6 Å². The molecule has 1 unspecified atom stereocenters. The molecule has 0 aromatic heterocycles. The summed E-state index contributed by atoms with van der Waals surface area (Å²) in [7, 11) is 1.26. The van der Waals surface area contributed by atoms with Crippen molar-refractivity contribution in [1.82, 2.24) is 10.2 Å². The van der Waals surface area contributed by atoms with Gasteiger partial charge in [0.2, 0.25) is 5.91 Å². The quantitative estimate of drug-likeness (QED) is 0.433. The molecule has 0 saturated carbocycles. The predicted molar refractivity (Wildman–Crippen MR) is 115 cm³/mol. The van der Waals surface area contributed by atoms with Crippen LogP contribution in [-0.4, -0.2) is 61.0 Å². The molecule has 1 heterocycles. The zero-order valence-corrected chi connectivity index (χ0v) is 17.9. The third-order valence-corrected chi connectivity index (χ3v) is 5.22. The Morgan fingerprint density at radius 1 is 1.23 bits per heavy atom. The SMILES string of the molecule is Cc1cccc2c1OCC2C[C@H](NC(=O)Cc1ccccc1C(=O)N(C)C)OB(O)O. The Hall–Kier alpha value is -2.88. The van der Waals surface area contributed by atoms with Gasteiger partial charge >= 0.3 is 7.32 Å². The van der Waals surface area contributed by atoms with Gasteiger partial charge in [0.05, 0.1) is 13.0 Å². The van der Waals surface area contributed by atoms with Gasteiger partial charge in [-0.25, -0.2) is 0 Å². The number of hydrogen-bond acceptors (Lipinski definition) is 6. The zero-order valence-electron chi connectivity index (χ0n) is 17.9. The Morgan fingerprint density at radius 2 is 1.97 bits per heavy atom. The minimum absolute atomic E-state index is 0.0476. The maximum Gasteiger partial charge on any atom is 0.635 e. The summed E-state index contributed by atoms with van der Waals surface area (Å²) < 4.78 is 10.9. The number of rotatable bonds is 8. The molecule has 2 amide bonds. The predicted octanol–water partition coefficient (Wildman–Crippen LogP) is 1.23. The molecule has 0 saturated heterocycles. The van der Waals surface area contributed by atoms with Crippen molar-refractivity contribution in [3.63, 3.8) is 0 Å². The van der Waals surface area contributed by atoms with Gasteiger partial charge in [-0.2, -0.15) is 0 Å². The largest absolute Gasteiger partial charge is 0.635 e. The van der Waals surface area contributed by atoms with E-state index in [0.29, 0.717) is 24.2 Å². The van der Waals surface area contributed by atoms with Crippen molar-refractivity contribution in [3.8, 4) is 5.75 Å². The van der Waals surface area contributed by atoms with E-state index in [1.165, 1.54) is 4.90 Å². The Labute approximate surface area is 182 Å². The van der Waals surface area contributed by atoms with Gasteiger partial charge in [0.15, 0.2) is 0 Å². The van der Waals surface area contributed by atoms with Gasteiger partial charge in [-0.15, -0.1) is 0 Å². The fourth-order valence-corrected chi connectivity index (χ4v) is 3.74. The molecule has 3 N–H and O–H groups in total. The monoisotopic (exact) mass is 426 g/mol. The number of fused-ring (bicyclic) bond motifs is 1. The normalized spacial score (nSPS) is 15.6. The number of carbonyl (C=O) groups excluding carboxylic acids is 2. The molecular weight excluding hydrogens is 399 g/mol. The van der Waals surface area contributed by atoms with E-state index in [-0.39, 0.29) is 18.2 Å². The van der Waals surface area contributed by atoms with Crippen molar-refractivity contribution < 1.29 is 29.0 Å². The lowest BCUT2D eigenvalue weighted by atomic mass is 9.95. The topological polar surface area (TPSA) is 108 Å². The number of nitrogens with one attached hydrogen (secondary N) is 1. The Bertz CT molecular complexity index is 949. The van der Waals surface area contributed by atoms with E-state index in [1.807, 2.05) is 25.1 Å². The molecule has 0 spiro atoms. The average molecular weight is 426 g/mol. The van der Waals surface area contributed by atoms with Crippen molar-refractivity contribution in [2.45, 2.75) is 31.9 Å². The van der Waals surface area contributed by atoms with Crippen LogP contribution in [0.5, 0.6) is 5.75 Å². The molecule has 0 radical (unpaired) electrons. The summed E-state index contributed by atoms with van der Waals surface area (Å²) in [5, 5.41) is 21.3. The van der Waals surface area contributed by atoms with Crippen LogP contribution in [0.2, 0.25) is 0 Å². The van der Waals surface area contributed by atoms with Gasteiger partial charge in [-0.3, -0.25) is 9.59 Å². The van der Waals surface area contributed by atoms with Gasteiger partial charge in [0.1, 0.15) is 12.0 Å². The second-order valence-electron chi connectivity index (χ2n) is 7.79. The smallest absolute Gasteiger partial charge is 0.492 e. The van der Waals surface area contributed by atoms with Gasteiger partial charge < -0.3 is 29.7 Å². The first-order valence-electron chi connectivity index (χ1n) is 10.1. The lowest BCUT2D eigenvalue weighted by Gasteiger charge is -2.22. The van der Waals surface area contributed by atoms with Gasteiger partial charge in [0.25, 0.3) is 5.91 Å². The summed E-state index contributed by atoms with van der Waals surface area (Å²) >= 11 is 0. The number of carbonyl (C=O) groups is 2. The van der Waals surface area contributed by atoms with Crippen LogP contribution >= 0.6 is 0 Å². The van der Waals surface area contributed by atoms with Crippen LogP contribution in [0.15, 0.2) is 42.5 Å². The van der Waals surface area contributed by atoms with Crippen molar-refractivity contribution >= 4 is 19.1 Å². The maximum absolute atomic E-state index is 12.7. The highest BCUT2D eigenvalue weighted by Crippen LogP contribution is 2.38. The van der Waals surface area contributed by atoms with Crippen LogP contribution in [0.25, 0.3) is 0 Å². The highest BCUT2D eigenvalue weighted by molar-refractivity contribution is 6.32. The van der Waals surface area contributed by atoms with E-state index in [1.54, 1.807) is 38.4 Å². The first kappa shape index (κ1) is 22.8. The minimum atomic E-state index is -2.03. The van der Waals surface area contributed by atoms with Crippen molar-refractivity contribution in [3.05, 3.63) is 64.7 Å². The highest BCUT2D eigenvalue weighted by Gasteiger charge is 2.31. The fraction of sp³-hybridized carbons (Fsp3) is 0.364. The van der Waals surface area contributed by atoms with E-state index < -0.39 is 19.5 Å². The van der Waals surface area contributed by atoms with E-state index in [0.717, 1.165) is 16.9 Å². The summed E-state index contributed by atoms with van der Waals surface area (Å²) in [6.45, 7) is 2.37. The highest BCUT2D eigenvalue weighted by atomic mass is 16.6. The Balaban J connectivity index is 1.71. The zero-order chi connectivity index (χ0) is 22.5. The molecule has 2 aromatic carbocycles. The molecule has 9 heteroatoms. The van der Waals surface area contributed by atoms with E-state index in [2.05, 4.69) is 5.32 Å². The lowest BCUT2D eigenvalue weighted by molar-refractivity contribution is -0.123. The van der Waals surface area contributed by atoms with Gasteiger partial charge in [-0.05, 0) is 24.1 Å². The van der Waals surface area contributed by atoms with E-state index in [9.17, 15) is 19.6 Å². The molecule has 0 bridgehead atoms. The number of benzene rings is 2. The molecular formula is C22H27BN2O6. The van der Waals surface area contributed by atoms with Crippen molar-refractivity contribution in [1.29, 1.82) is 0 Å². The van der Waals surface area contributed by atoms with E-state index in [4.69, 9.17) is 9.39 Å². The molecule has 2 atom stereocenters. The molecule has 164 valence electrons. The summed E-state index contributed by atoms with van der Waals surface area (Å²) in [4.78, 5) is 26.5. The fourth-order valence-electron chi connectivity index (χ4n) is 3.74. The van der Waals surface area contributed by atoms with Crippen molar-refractivity contribution in [2.75, 3.05) is 20.7 Å². The molecule has 31 heavy (non-hydrogen) atoms. The number of ether oxygens (including phenoxy) is 1. The summed E-state index contributed by atoms with van der Waals surface area (Å²) in [6.07, 6.45) is -0.684. The second-order valence-corrected chi connectivity index (χ2v) is 7.79. The van der Waals surface area contributed by atoms with Crippen LogP contribution in [0.3, 0.4) is 0 Å². The van der Waals surface area contributed by atoms with Crippen LogP contribution in [-0.2, 0) is 15.9 Å². The molecule has 3 rings (SSSR count). The number of amides is 2. The molecule has 2 aromatic rings. The summed E-state index contributed by atoms with van der Waals surface area (Å²) in [5.41, 5.74) is 3.03. The minimum Gasteiger partial charge on any atom is -0.492 e. The first-order valence-corrected chi connectivity index (χ1v) is 10.1. The summed E-state index contributed by atoms with van der Waals surface area (Å²) in [6, 6.07) is 12.7. The third-order valence-electron chi connectivity index (χ3n) is 5.22. The molecule has 1 aliphatic heterocycles. The lowest BCUT2D eigenvalue weighted by Crippen LogP contribution is -2.42. The van der Waals surface area contributed by atoms with Crippen LogP contribution in [0.4, 0.5) is 0 Å². The van der Waals surface area contributed by atoms with Crippen LogP contribution in [0, 0.1) is 6.92 Å². The number of para-hydroxylation sites is 1. The van der Waals surface area contributed by atoms with Gasteiger partial charge in [-0.1, -0.05) is 36.4 Å². The van der Waals surface area contributed by atoms with Crippen LogP contribution in [0.1, 0.15) is 39.4 Å². The summed E-state index contributed by atoms with van der Waals surface area (Å²) in [5.74, 6) is 0.157. The first-order chi connectivity index (χ1) is 14.8. The standard InChI is InChI=1S/C22H27BN2O6/c1-14-7-6-10-17-16(13-30-21(14)17)12-20(31-23(28)29)24-19(26)11-15-8-4-5-9-18(15)22(27)25(2)3/h4-10,16,20,28-29H,11-13H2,1-3H3,(H,24,26)/t16?,20-/m1/s1. The third kappa shape index (κ3) is 5.63. The number of hydrogen-bond donors (Lipinski definition) is 3. The molecule has 0 fully saturated rings. The average Bonchev–Trinajstić information content (AvgIpc) is 3.11. The van der Waals surface area contributed by atoms with E-state index >= 15 is 0 Å². The number of nitrogens with zero attached hydrogens (tertiary/aromatic N) is 1. The van der Waals surface area contributed by atoms with Crippen molar-refractivity contribution in [2.24, 2.45) is 0 Å².